The van der Waals surface area contributed by atoms with Gasteiger partial charge in [0.25, 0.3) is 0 Å². The minimum absolute atomic E-state index is 0.0562. The third-order valence-electron chi connectivity index (χ3n) is 2.80. The lowest BCUT2D eigenvalue weighted by molar-refractivity contribution is -0.138. The Balaban J connectivity index is 2.14. The van der Waals surface area contributed by atoms with Crippen LogP contribution >= 0.6 is 11.8 Å². The third-order valence-corrected chi connectivity index (χ3v) is 4.07. The summed E-state index contributed by atoms with van der Waals surface area (Å²) in [5.74, 6) is 0.669. The SMILES string of the molecule is COc1ccc([C@@H]2N[C@@H](C(=O)O)CS2)cc1C. The average molecular weight is 253 g/mol. The summed E-state index contributed by atoms with van der Waals surface area (Å²) in [7, 11) is 1.64. The molecular formula is C12H15NO3S. The van der Waals surface area contributed by atoms with E-state index >= 15 is 0 Å². The number of thioether (sulfide) groups is 1. The minimum atomic E-state index is -0.787. The van der Waals surface area contributed by atoms with Crippen LogP contribution in [0.2, 0.25) is 0 Å². The van der Waals surface area contributed by atoms with Gasteiger partial charge in [0.15, 0.2) is 0 Å². The van der Waals surface area contributed by atoms with Crippen molar-refractivity contribution in [2.45, 2.75) is 18.3 Å². The second-order valence-electron chi connectivity index (χ2n) is 4.00. The van der Waals surface area contributed by atoms with Crippen molar-refractivity contribution in [1.82, 2.24) is 5.32 Å². The molecule has 1 heterocycles. The number of nitrogens with one attached hydrogen (secondary N) is 1. The van der Waals surface area contributed by atoms with Gasteiger partial charge in [0.1, 0.15) is 11.8 Å². The lowest BCUT2D eigenvalue weighted by Crippen LogP contribution is -2.33. The first kappa shape index (κ1) is 12.3. The Labute approximate surface area is 104 Å². The molecule has 0 saturated carbocycles. The second kappa shape index (κ2) is 4.98. The third kappa shape index (κ3) is 2.56. The molecule has 1 aliphatic rings. The maximum absolute atomic E-state index is 10.8. The number of aryl methyl sites for hydroxylation is 1. The molecule has 0 bridgehead atoms. The zero-order valence-electron chi connectivity index (χ0n) is 9.77. The molecule has 0 spiro atoms. The van der Waals surface area contributed by atoms with Crippen LogP contribution in [-0.4, -0.2) is 30.0 Å². The Morgan fingerprint density at radius 1 is 1.59 bits per heavy atom. The van der Waals surface area contributed by atoms with E-state index in [0.29, 0.717) is 5.75 Å². The normalized spacial score (nSPS) is 23.6. The number of carboxylic acids is 1. The van der Waals surface area contributed by atoms with Crippen molar-refractivity contribution in [3.05, 3.63) is 29.3 Å². The fourth-order valence-electron chi connectivity index (χ4n) is 1.87. The Bertz CT molecular complexity index is 436. The first-order valence-electron chi connectivity index (χ1n) is 5.37. The fraction of sp³-hybridized carbons (Fsp3) is 0.417. The van der Waals surface area contributed by atoms with Gasteiger partial charge in [-0.1, -0.05) is 6.07 Å². The van der Waals surface area contributed by atoms with E-state index in [0.717, 1.165) is 16.9 Å². The zero-order chi connectivity index (χ0) is 12.4. The van der Waals surface area contributed by atoms with Gasteiger partial charge >= 0.3 is 5.97 Å². The quantitative estimate of drug-likeness (QED) is 0.860. The molecule has 0 aliphatic carbocycles. The maximum Gasteiger partial charge on any atom is 0.321 e. The lowest BCUT2D eigenvalue weighted by Gasteiger charge is -2.13. The summed E-state index contributed by atoms with van der Waals surface area (Å²) in [6, 6.07) is 5.47. The highest BCUT2D eigenvalue weighted by Crippen LogP contribution is 2.34. The second-order valence-corrected chi connectivity index (χ2v) is 5.14. The van der Waals surface area contributed by atoms with Gasteiger partial charge in [0, 0.05) is 5.75 Å². The lowest BCUT2D eigenvalue weighted by atomic mass is 10.1. The van der Waals surface area contributed by atoms with Gasteiger partial charge in [0.05, 0.1) is 12.5 Å². The van der Waals surface area contributed by atoms with Crippen molar-refractivity contribution in [2.24, 2.45) is 0 Å². The molecule has 2 atom stereocenters. The van der Waals surface area contributed by atoms with E-state index in [1.165, 1.54) is 0 Å². The van der Waals surface area contributed by atoms with Gasteiger partial charge in [0.2, 0.25) is 0 Å². The number of carbonyl (C=O) groups is 1. The molecule has 0 aromatic heterocycles. The van der Waals surface area contributed by atoms with E-state index in [9.17, 15) is 4.79 Å². The highest BCUT2D eigenvalue weighted by atomic mass is 32.2. The average Bonchev–Trinajstić information content (AvgIpc) is 2.78. The molecule has 1 saturated heterocycles. The maximum atomic E-state index is 10.8. The number of hydrogen-bond acceptors (Lipinski definition) is 4. The van der Waals surface area contributed by atoms with Gasteiger partial charge < -0.3 is 9.84 Å². The van der Waals surface area contributed by atoms with Crippen LogP contribution in [0, 0.1) is 6.92 Å². The number of carboxylic acid groups (broad SMARTS) is 1. The van der Waals surface area contributed by atoms with Crippen LogP contribution in [0.3, 0.4) is 0 Å². The van der Waals surface area contributed by atoms with E-state index in [-0.39, 0.29) is 5.37 Å². The predicted molar refractivity (Wildman–Crippen MR) is 67.5 cm³/mol. The largest absolute Gasteiger partial charge is 0.496 e. The van der Waals surface area contributed by atoms with Crippen LogP contribution in [0.1, 0.15) is 16.5 Å². The molecule has 0 amide bonds. The molecule has 2 rings (SSSR count). The standard InChI is InChI=1S/C12H15NO3S/c1-7-5-8(3-4-10(7)16-2)11-13-9(6-17-11)12(14)15/h3-5,9,11,13H,6H2,1-2H3,(H,14,15)/t9-,11-/m1/s1. The van der Waals surface area contributed by atoms with E-state index in [2.05, 4.69) is 5.32 Å². The molecule has 1 aliphatic heterocycles. The predicted octanol–water partition coefficient (Wildman–Crippen LogP) is 1.79. The molecule has 17 heavy (non-hydrogen) atoms. The van der Waals surface area contributed by atoms with Gasteiger partial charge in [-0.2, -0.15) is 0 Å². The van der Waals surface area contributed by atoms with Crippen molar-refractivity contribution in [2.75, 3.05) is 12.9 Å². The molecule has 1 fully saturated rings. The Kier molecular flexibility index (Phi) is 3.59. The van der Waals surface area contributed by atoms with E-state index < -0.39 is 12.0 Å². The summed E-state index contributed by atoms with van der Waals surface area (Å²) in [5, 5.41) is 12.1. The monoisotopic (exact) mass is 253 g/mol. The number of hydrogen-bond donors (Lipinski definition) is 2. The van der Waals surface area contributed by atoms with Gasteiger partial charge in [-0.25, -0.2) is 0 Å². The molecule has 0 unspecified atom stereocenters. The van der Waals surface area contributed by atoms with Crippen molar-refractivity contribution in [3.8, 4) is 5.75 Å². The smallest absolute Gasteiger partial charge is 0.321 e. The number of aliphatic carboxylic acids is 1. The molecule has 0 radical (unpaired) electrons. The molecule has 1 aromatic carbocycles. The Morgan fingerprint density at radius 3 is 2.88 bits per heavy atom. The molecular weight excluding hydrogens is 238 g/mol. The topological polar surface area (TPSA) is 58.6 Å². The minimum Gasteiger partial charge on any atom is -0.496 e. The van der Waals surface area contributed by atoms with Crippen molar-refractivity contribution < 1.29 is 14.6 Å². The first-order valence-corrected chi connectivity index (χ1v) is 6.41. The molecule has 4 nitrogen and oxygen atoms in total. The summed E-state index contributed by atoms with van der Waals surface area (Å²) >= 11 is 1.62. The Morgan fingerprint density at radius 2 is 2.35 bits per heavy atom. The van der Waals surface area contributed by atoms with Crippen LogP contribution in [0.25, 0.3) is 0 Å². The van der Waals surface area contributed by atoms with Crippen molar-refractivity contribution in [1.29, 1.82) is 0 Å². The van der Waals surface area contributed by atoms with Crippen LogP contribution in [-0.2, 0) is 4.79 Å². The number of ether oxygens (including phenoxy) is 1. The first-order chi connectivity index (χ1) is 8.11. The van der Waals surface area contributed by atoms with Crippen molar-refractivity contribution >= 4 is 17.7 Å². The molecule has 5 heteroatoms. The van der Waals surface area contributed by atoms with Gasteiger partial charge in [-0.05, 0) is 30.2 Å². The summed E-state index contributed by atoms with van der Waals surface area (Å²) in [6.07, 6.45) is 0. The molecule has 1 aromatic rings. The van der Waals surface area contributed by atoms with Crippen LogP contribution < -0.4 is 10.1 Å². The summed E-state index contributed by atoms with van der Waals surface area (Å²) < 4.78 is 5.20. The van der Waals surface area contributed by atoms with Crippen LogP contribution in [0.5, 0.6) is 5.75 Å². The summed E-state index contributed by atoms with van der Waals surface area (Å²) in [4.78, 5) is 10.8. The number of rotatable bonds is 3. The van der Waals surface area contributed by atoms with E-state index in [1.807, 2.05) is 25.1 Å². The van der Waals surface area contributed by atoms with Gasteiger partial charge in [-0.15, -0.1) is 11.8 Å². The highest BCUT2D eigenvalue weighted by molar-refractivity contribution is 7.99. The fourth-order valence-corrected chi connectivity index (χ4v) is 3.09. The Hall–Kier alpha value is -1.20. The van der Waals surface area contributed by atoms with E-state index in [4.69, 9.17) is 9.84 Å². The van der Waals surface area contributed by atoms with Crippen LogP contribution in [0.4, 0.5) is 0 Å². The highest BCUT2D eigenvalue weighted by Gasteiger charge is 2.30. The zero-order valence-corrected chi connectivity index (χ0v) is 10.6. The number of methoxy groups -OCH3 is 1. The molecule has 2 N–H and O–H groups in total. The molecule has 92 valence electrons. The van der Waals surface area contributed by atoms with Gasteiger partial charge in [-0.3, -0.25) is 10.1 Å². The van der Waals surface area contributed by atoms with Crippen molar-refractivity contribution in [3.63, 3.8) is 0 Å². The summed E-state index contributed by atoms with van der Waals surface area (Å²) in [6.45, 7) is 1.98. The van der Waals surface area contributed by atoms with E-state index in [1.54, 1.807) is 18.9 Å². The van der Waals surface area contributed by atoms with Crippen LogP contribution in [0.15, 0.2) is 18.2 Å². The number of benzene rings is 1. The summed E-state index contributed by atoms with van der Waals surface area (Å²) in [5.41, 5.74) is 2.16.